The molecule has 0 aromatic carbocycles. The zero-order valence-corrected chi connectivity index (χ0v) is 10.5. The molecule has 1 rings (SSSR count). The molecular weight excluding hydrogens is 202 g/mol. The van der Waals surface area contributed by atoms with Gasteiger partial charge in [-0.1, -0.05) is 44.7 Å². The molecule has 0 saturated heterocycles. The number of nitrogens with one attached hydrogen (secondary N) is 1. The fraction of sp³-hybridized carbons (Fsp3) is 0.833. The van der Waals surface area contributed by atoms with Crippen LogP contribution in [0.25, 0.3) is 0 Å². The van der Waals surface area contributed by atoms with E-state index in [-0.39, 0.29) is 0 Å². The first kappa shape index (κ1) is 13.2. The van der Waals surface area contributed by atoms with Gasteiger partial charge in [0.25, 0.3) is 0 Å². The third kappa shape index (κ3) is 5.26. The van der Waals surface area contributed by atoms with Crippen LogP contribution < -0.4 is 5.32 Å². The Balaban J connectivity index is 2.14. The van der Waals surface area contributed by atoms with Crippen LogP contribution in [0.2, 0.25) is 0 Å². The highest BCUT2D eigenvalue weighted by atomic mass is 16.5. The summed E-state index contributed by atoms with van der Waals surface area (Å²) in [4.78, 5) is 4.33. The summed E-state index contributed by atoms with van der Waals surface area (Å²) >= 11 is 0. The SMILES string of the molecule is CCCCCCCc1nc(CNCC)no1. The molecule has 0 atom stereocenters. The summed E-state index contributed by atoms with van der Waals surface area (Å²) in [6.07, 6.45) is 7.27. The normalized spacial score (nSPS) is 10.9. The van der Waals surface area contributed by atoms with Crippen molar-refractivity contribution >= 4 is 0 Å². The zero-order valence-electron chi connectivity index (χ0n) is 10.5. The lowest BCUT2D eigenvalue weighted by molar-refractivity contribution is 0.367. The van der Waals surface area contributed by atoms with Crippen molar-refractivity contribution < 1.29 is 4.52 Å². The summed E-state index contributed by atoms with van der Waals surface area (Å²) in [7, 11) is 0. The first-order chi connectivity index (χ1) is 7.86. The van der Waals surface area contributed by atoms with Crippen LogP contribution in [0, 0.1) is 0 Å². The predicted molar refractivity (Wildman–Crippen MR) is 64.1 cm³/mol. The van der Waals surface area contributed by atoms with Gasteiger partial charge in [0, 0.05) is 6.42 Å². The second-order valence-electron chi connectivity index (χ2n) is 4.05. The highest BCUT2D eigenvalue weighted by Gasteiger charge is 2.04. The van der Waals surface area contributed by atoms with Crippen molar-refractivity contribution in [2.45, 2.75) is 58.9 Å². The predicted octanol–water partition coefficient (Wildman–Crippen LogP) is 2.69. The van der Waals surface area contributed by atoms with E-state index in [1.165, 1.54) is 25.7 Å². The second-order valence-corrected chi connectivity index (χ2v) is 4.05. The lowest BCUT2D eigenvalue weighted by Gasteiger charge is -1.96. The molecule has 16 heavy (non-hydrogen) atoms. The van der Waals surface area contributed by atoms with Crippen LogP contribution >= 0.6 is 0 Å². The molecular formula is C12H23N3O. The van der Waals surface area contributed by atoms with E-state index >= 15 is 0 Å². The molecule has 0 unspecified atom stereocenters. The van der Waals surface area contributed by atoms with Crippen LogP contribution in [0.3, 0.4) is 0 Å². The first-order valence-corrected chi connectivity index (χ1v) is 6.39. The molecule has 4 heteroatoms. The zero-order chi connectivity index (χ0) is 11.6. The van der Waals surface area contributed by atoms with Gasteiger partial charge in [-0.3, -0.25) is 0 Å². The van der Waals surface area contributed by atoms with Crippen LogP contribution in [-0.2, 0) is 13.0 Å². The monoisotopic (exact) mass is 225 g/mol. The third-order valence-corrected chi connectivity index (χ3v) is 2.54. The molecule has 92 valence electrons. The van der Waals surface area contributed by atoms with Gasteiger partial charge in [-0.05, 0) is 13.0 Å². The molecule has 0 aliphatic carbocycles. The van der Waals surface area contributed by atoms with Crippen LogP contribution in [0.1, 0.15) is 57.7 Å². The minimum Gasteiger partial charge on any atom is -0.339 e. The number of unbranched alkanes of at least 4 members (excludes halogenated alkanes) is 4. The van der Waals surface area contributed by atoms with E-state index in [2.05, 4.69) is 29.3 Å². The number of aromatic nitrogens is 2. The topological polar surface area (TPSA) is 51.0 Å². The summed E-state index contributed by atoms with van der Waals surface area (Å²) in [5, 5.41) is 7.10. The smallest absolute Gasteiger partial charge is 0.226 e. The Hall–Kier alpha value is -0.900. The Morgan fingerprint density at radius 2 is 1.94 bits per heavy atom. The minimum absolute atomic E-state index is 0.704. The lowest BCUT2D eigenvalue weighted by Crippen LogP contribution is -2.12. The van der Waals surface area contributed by atoms with Crippen LogP contribution in [0.5, 0.6) is 0 Å². The van der Waals surface area contributed by atoms with Crippen LogP contribution in [0.15, 0.2) is 4.52 Å². The Morgan fingerprint density at radius 3 is 2.69 bits per heavy atom. The first-order valence-electron chi connectivity index (χ1n) is 6.39. The van der Waals surface area contributed by atoms with Crippen molar-refractivity contribution in [2.24, 2.45) is 0 Å². The highest BCUT2D eigenvalue weighted by molar-refractivity contribution is 4.85. The molecule has 1 aromatic heterocycles. The van der Waals surface area contributed by atoms with Crippen molar-refractivity contribution in [1.29, 1.82) is 0 Å². The molecule has 1 N–H and O–H groups in total. The van der Waals surface area contributed by atoms with Gasteiger partial charge in [-0.25, -0.2) is 0 Å². The molecule has 4 nitrogen and oxygen atoms in total. The molecule has 0 bridgehead atoms. The summed E-state index contributed by atoms with van der Waals surface area (Å²) in [5.74, 6) is 1.55. The Kier molecular flexibility index (Phi) is 6.81. The van der Waals surface area contributed by atoms with Gasteiger partial charge in [0.2, 0.25) is 5.89 Å². The fourth-order valence-electron chi connectivity index (χ4n) is 1.58. The largest absolute Gasteiger partial charge is 0.339 e. The van der Waals surface area contributed by atoms with E-state index in [1.54, 1.807) is 0 Å². The van der Waals surface area contributed by atoms with Crippen molar-refractivity contribution in [3.8, 4) is 0 Å². The van der Waals surface area contributed by atoms with Crippen LogP contribution in [0.4, 0.5) is 0 Å². The number of nitrogens with zero attached hydrogens (tertiary/aromatic N) is 2. The molecule has 0 fully saturated rings. The molecule has 0 aliphatic rings. The van der Waals surface area contributed by atoms with Gasteiger partial charge in [0.05, 0.1) is 6.54 Å². The second kappa shape index (κ2) is 8.28. The van der Waals surface area contributed by atoms with Gasteiger partial charge < -0.3 is 9.84 Å². The van der Waals surface area contributed by atoms with Crippen molar-refractivity contribution in [3.05, 3.63) is 11.7 Å². The van der Waals surface area contributed by atoms with E-state index in [0.717, 1.165) is 31.1 Å². The molecule has 0 aliphatic heterocycles. The molecule has 0 amide bonds. The molecule has 1 heterocycles. The number of rotatable bonds is 9. The van der Waals surface area contributed by atoms with Crippen molar-refractivity contribution in [3.63, 3.8) is 0 Å². The lowest BCUT2D eigenvalue weighted by atomic mass is 10.1. The van der Waals surface area contributed by atoms with Crippen molar-refractivity contribution in [2.75, 3.05) is 6.54 Å². The quantitative estimate of drug-likeness (QED) is 0.656. The summed E-state index contributed by atoms with van der Waals surface area (Å²) < 4.78 is 5.17. The summed E-state index contributed by atoms with van der Waals surface area (Å²) in [6.45, 7) is 5.93. The van der Waals surface area contributed by atoms with Gasteiger partial charge in [-0.15, -0.1) is 0 Å². The maximum absolute atomic E-state index is 5.17. The minimum atomic E-state index is 0.704. The van der Waals surface area contributed by atoms with E-state index in [4.69, 9.17) is 4.52 Å². The van der Waals surface area contributed by atoms with Gasteiger partial charge >= 0.3 is 0 Å². The van der Waals surface area contributed by atoms with E-state index in [1.807, 2.05) is 0 Å². The molecule has 0 spiro atoms. The third-order valence-electron chi connectivity index (χ3n) is 2.54. The Bertz CT molecular complexity index is 273. The average molecular weight is 225 g/mol. The maximum Gasteiger partial charge on any atom is 0.226 e. The summed E-state index contributed by atoms with van der Waals surface area (Å²) in [6, 6.07) is 0. The molecule has 1 aromatic rings. The number of hydrogen-bond acceptors (Lipinski definition) is 4. The van der Waals surface area contributed by atoms with Crippen LogP contribution in [-0.4, -0.2) is 16.7 Å². The standard InChI is InChI=1S/C12H23N3O/c1-3-5-6-7-8-9-12-14-11(15-16-12)10-13-4-2/h13H,3-10H2,1-2H3. The Morgan fingerprint density at radius 1 is 1.12 bits per heavy atom. The van der Waals surface area contributed by atoms with Gasteiger partial charge in [-0.2, -0.15) is 4.98 Å². The number of aryl methyl sites for hydroxylation is 1. The van der Waals surface area contributed by atoms with Gasteiger partial charge in [0.15, 0.2) is 5.82 Å². The fourth-order valence-corrected chi connectivity index (χ4v) is 1.58. The average Bonchev–Trinajstić information content (AvgIpc) is 2.74. The van der Waals surface area contributed by atoms with Crippen molar-refractivity contribution in [1.82, 2.24) is 15.5 Å². The summed E-state index contributed by atoms with van der Waals surface area (Å²) in [5.41, 5.74) is 0. The number of hydrogen-bond donors (Lipinski definition) is 1. The molecule has 0 radical (unpaired) electrons. The maximum atomic E-state index is 5.17. The Labute approximate surface area is 97.8 Å². The highest BCUT2D eigenvalue weighted by Crippen LogP contribution is 2.07. The van der Waals surface area contributed by atoms with E-state index < -0.39 is 0 Å². The molecule has 0 saturated carbocycles. The van der Waals surface area contributed by atoms with Gasteiger partial charge in [0.1, 0.15) is 0 Å². The van der Waals surface area contributed by atoms with E-state index in [0.29, 0.717) is 6.54 Å². The van der Waals surface area contributed by atoms with E-state index in [9.17, 15) is 0 Å².